The first-order chi connectivity index (χ1) is 15.2. The molecule has 2 N–H and O–H groups in total. The number of sulfonamides is 1. The Morgan fingerprint density at radius 3 is 2.19 bits per heavy atom. The van der Waals surface area contributed by atoms with Crippen molar-refractivity contribution in [1.82, 2.24) is 9.97 Å². The summed E-state index contributed by atoms with van der Waals surface area (Å²) in [4.78, 5) is 11.4. The van der Waals surface area contributed by atoms with Crippen molar-refractivity contribution >= 4 is 44.1 Å². The summed E-state index contributed by atoms with van der Waals surface area (Å²) in [6, 6.07) is 20.1. The summed E-state index contributed by atoms with van der Waals surface area (Å²) in [7, 11) is 0.0704. The molecule has 0 unspecified atom stereocenters. The van der Waals surface area contributed by atoms with E-state index in [4.69, 9.17) is 0 Å². The van der Waals surface area contributed by atoms with Gasteiger partial charge in [0.1, 0.15) is 0 Å². The molecule has 0 bridgehead atoms. The summed E-state index contributed by atoms with van der Waals surface area (Å²) in [6.45, 7) is 3.88. The molecule has 0 aliphatic rings. The smallest absolute Gasteiger partial charge is 0.263 e. The number of rotatable bonds is 6. The van der Waals surface area contributed by atoms with E-state index in [1.54, 1.807) is 24.3 Å². The average molecular weight is 448 g/mol. The Morgan fingerprint density at radius 1 is 0.781 bits per heavy atom. The van der Waals surface area contributed by atoms with Crippen LogP contribution in [0.1, 0.15) is 11.1 Å². The summed E-state index contributed by atoms with van der Waals surface area (Å²) < 4.78 is 28.7. The molecule has 7 nitrogen and oxygen atoms in total. The molecule has 0 amide bonds. The molecular formula is C24H25N5O2S. The van der Waals surface area contributed by atoms with Crippen LogP contribution in [0.2, 0.25) is 0 Å². The van der Waals surface area contributed by atoms with Crippen LogP contribution in [0.3, 0.4) is 0 Å². The zero-order valence-corrected chi connectivity index (χ0v) is 19.2. The van der Waals surface area contributed by atoms with Crippen molar-refractivity contribution < 1.29 is 8.42 Å². The number of aryl methyl sites for hydroxylation is 2. The second-order valence-corrected chi connectivity index (χ2v) is 9.58. The highest BCUT2D eigenvalue weighted by Gasteiger charge is 2.19. The Bertz CT molecular complexity index is 1380. The van der Waals surface area contributed by atoms with Gasteiger partial charge in [-0.3, -0.25) is 4.72 Å². The lowest BCUT2D eigenvalue weighted by Gasteiger charge is -2.16. The van der Waals surface area contributed by atoms with E-state index in [1.165, 1.54) is 0 Å². The van der Waals surface area contributed by atoms with Crippen LogP contribution in [0.5, 0.6) is 0 Å². The summed E-state index contributed by atoms with van der Waals surface area (Å²) in [5.41, 5.74) is 5.07. The standard InChI is InChI=1S/C24H25N5O2S/c1-16-8-11-20(12-9-16)32(30,31)28-24-23(25-18-6-5-7-19(15-18)29(3)4)27-22-14-17(2)10-13-21(22)26-24/h5-15H,1-4H3,(H,25,27)(H,26,28). The van der Waals surface area contributed by atoms with Crippen molar-refractivity contribution in [2.24, 2.45) is 0 Å². The molecule has 164 valence electrons. The molecule has 0 saturated carbocycles. The van der Waals surface area contributed by atoms with Gasteiger partial charge in [-0.25, -0.2) is 18.4 Å². The molecule has 8 heteroatoms. The van der Waals surface area contributed by atoms with Crippen LogP contribution in [0.15, 0.2) is 71.6 Å². The molecule has 0 spiro atoms. The third-order valence-electron chi connectivity index (χ3n) is 5.01. The lowest BCUT2D eigenvalue weighted by molar-refractivity contribution is 0.601. The number of anilines is 4. The van der Waals surface area contributed by atoms with Crippen LogP contribution < -0.4 is 14.9 Å². The van der Waals surface area contributed by atoms with Crippen LogP contribution in [-0.2, 0) is 10.0 Å². The van der Waals surface area contributed by atoms with Gasteiger partial charge in [-0.15, -0.1) is 0 Å². The second kappa shape index (κ2) is 8.47. The summed E-state index contributed by atoms with van der Waals surface area (Å²) >= 11 is 0. The minimum Gasteiger partial charge on any atom is -0.378 e. The first kappa shape index (κ1) is 21.6. The molecule has 3 aromatic carbocycles. The molecule has 32 heavy (non-hydrogen) atoms. The fourth-order valence-electron chi connectivity index (χ4n) is 3.22. The minimum atomic E-state index is -3.84. The van der Waals surface area contributed by atoms with Crippen LogP contribution in [0, 0.1) is 13.8 Å². The summed E-state index contributed by atoms with van der Waals surface area (Å²) in [5, 5.41) is 3.24. The molecule has 1 heterocycles. The lowest BCUT2D eigenvalue weighted by Crippen LogP contribution is -2.16. The Hall–Kier alpha value is -3.65. The van der Waals surface area contributed by atoms with Gasteiger partial charge in [0.15, 0.2) is 11.6 Å². The van der Waals surface area contributed by atoms with Gasteiger partial charge in [0.25, 0.3) is 10.0 Å². The molecule has 1 aromatic heterocycles. The Kier molecular flexibility index (Phi) is 5.71. The molecule has 0 aliphatic heterocycles. The van der Waals surface area contributed by atoms with E-state index < -0.39 is 10.0 Å². The van der Waals surface area contributed by atoms with Crippen molar-refractivity contribution in [3.05, 3.63) is 77.9 Å². The van der Waals surface area contributed by atoms with Gasteiger partial charge in [0, 0.05) is 25.5 Å². The molecule has 0 fully saturated rings. The maximum absolute atomic E-state index is 13.0. The number of fused-ring (bicyclic) bond motifs is 1. The molecular weight excluding hydrogens is 422 g/mol. The first-order valence-corrected chi connectivity index (χ1v) is 11.6. The third kappa shape index (κ3) is 4.65. The Morgan fingerprint density at radius 2 is 1.47 bits per heavy atom. The van der Waals surface area contributed by atoms with Crippen molar-refractivity contribution in [2.75, 3.05) is 29.0 Å². The maximum Gasteiger partial charge on any atom is 0.263 e. The highest BCUT2D eigenvalue weighted by atomic mass is 32.2. The van der Waals surface area contributed by atoms with Crippen molar-refractivity contribution in [2.45, 2.75) is 18.7 Å². The fraction of sp³-hybridized carbons (Fsp3) is 0.167. The predicted molar refractivity (Wildman–Crippen MR) is 130 cm³/mol. The highest BCUT2D eigenvalue weighted by molar-refractivity contribution is 7.92. The van der Waals surface area contributed by atoms with Crippen molar-refractivity contribution in [3.63, 3.8) is 0 Å². The number of nitrogens with zero attached hydrogens (tertiary/aromatic N) is 3. The normalized spacial score (nSPS) is 11.4. The van der Waals surface area contributed by atoms with Crippen LogP contribution >= 0.6 is 0 Å². The van der Waals surface area contributed by atoms with Crippen LogP contribution in [0.4, 0.5) is 23.0 Å². The molecule has 0 aliphatic carbocycles. The lowest BCUT2D eigenvalue weighted by atomic mass is 10.2. The minimum absolute atomic E-state index is 0.136. The first-order valence-electron chi connectivity index (χ1n) is 10.1. The number of aromatic nitrogens is 2. The van der Waals surface area contributed by atoms with Crippen molar-refractivity contribution in [1.29, 1.82) is 0 Å². The molecule has 0 saturated heterocycles. The number of nitrogens with one attached hydrogen (secondary N) is 2. The Balaban J connectivity index is 1.79. The van der Waals surface area contributed by atoms with E-state index in [2.05, 4.69) is 20.0 Å². The average Bonchev–Trinajstić information content (AvgIpc) is 2.74. The topological polar surface area (TPSA) is 87.2 Å². The van der Waals surface area contributed by atoms with E-state index in [0.29, 0.717) is 16.9 Å². The second-order valence-electron chi connectivity index (χ2n) is 7.90. The largest absolute Gasteiger partial charge is 0.378 e. The number of benzene rings is 3. The summed E-state index contributed by atoms with van der Waals surface area (Å²) in [5.74, 6) is 0.465. The van der Waals surface area contributed by atoms with Gasteiger partial charge in [-0.05, 0) is 61.9 Å². The van der Waals surface area contributed by atoms with Gasteiger partial charge < -0.3 is 10.2 Å². The monoisotopic (exact) mass is 447 g/mol. The number of hydrogen-bond acceptors (Lipinski definition) is 6. The molecule has 0 atom stereocenters. The third-order valence-corrected chi connectivity index (χ3v) is 6.36. The van der Waals surface area contributed by atoms with Crippen LogP contribution in [0.25, 0.3) is 11.0 Å². The van der Waals surface area contributed by atoms with Gasteiger partial charge in [-0.2, -0.15) is 0 Å². The van der Waals surface area contributed by atoms with E-state index in [-0.39, 0.29) is 10.7 Å². The number of hydrogen-bond donors (Lipinski definition) is 2. The van der Waals surface area contributed by atoms with Gasteiger partial charge in [-0.1, -0.05) is 29.8 Å². The molecule has 0 radical (unpaired) electrons. The fourth-order valence-corrected chi connectivity index (χ4v) is 4.23. The zero-order chi connectivity index (χ0) is 22.9. The van der Waals surface area contributed by atoms with Gasteiger partial charge in [0.05, 0.1) is 15.9 Å². The van der Waals surface area contributed by atoms with E-state index in [0.717, 1.165) is 22.5 Å². The van der Waals surface area contributed by atoms with Gasteiger partial charge in [0.2, 0.25) is 0 Å². The SMILES string of the molecule is Cc1ccc(S(=O)(=O)Nc2nc3ccc(C)cc3nc2Nc2cccc(N(C)C)c2)cc1. The van der Waals surface area contributed by atoms with E-state index >= 15 is 0 Å². The predicted octanol–water partition coefficient (Wildman–Crippen LogP) is 4.86. The van der Waals surface area contributed by atoms with Crippen LogP contribution in [-0.4, -0.2) is 32.5 Å². The quantitative estimate of drug-likeness (QED) is 0.439. The Labute approximate surface area is 188 Å². The van der Waals surface area contributed by atoms with E-state index in [9.17, 15) is 8.42 Å². The summed E-state index contributed by atoms with van der Waals surface area (Å²) in [6.07, 6.45) is 0. The zero-order valence-electron chi connectivity index (χ0n) is 18.4. The van der Waals surface area contributed by atoms with Crippen molar-refractivity contribution in [3.8, 4) is 0 Å². The molecule has 4 aromatic rings. The van der Waals surface area contributed by atoms with Gasteiger partial charge >= 0.3 is 0 Å². The maximum atomic E-state index is 13.0. The molecule has 4 rings (SSSR count). The highest BCUT2D eigenvalue weighted by Crippen LogP contribution is 2.29. The van der Waals surface area contributed by atoms with E-state index in [1.807, 2.05) is 75.3 Å².